The van der Waals surface area contributed by atoms with Crippen molar-refractivity contribution in [1.29, 1.82) is 0 Å². The molecule has 3 rings (SSSR count). The molecule has 0 fully saturated rings. The lowest BCUT2D eigenvalue weighted by Gasteiger charge is -2.23. The Labute approximate surface area is 166 Å². The highest BCUT2D eigenvalue weighted by Gasteiger charge is 2.18. The summed E-state index contributed by atoms with van der Waals surface area (Å²) >= 11 is 0. The molecule has 0 aliphatic rings. The largest absolute Gasteiger partial charge is 0.489 e. The second kappa shape index (κ2) is 8.25. The SMILES string of the molecule is CC(C)Oc1ccccc1Nc1cnnc(Nc2ccccc2C(C)(C)C)n1. The van der Waals surface area contributed by atoms with Crippen LogP contribution in [0.4, 0.5) is 23.1 Å². The zero-order valence-electron chi connectivity index (χ0n) is 17.0. The van der Waals surface area contributed by atoms with Gasteiger partial charge >= 0.3 is 0 Å². The molecule has 0 saturated heterocycles. The number of aromatic nitrogens is 3. The summed E-state index contributed by atoms with van der Waals surface area (Å²) in [6.45, 7) is 10.5. The lowest BCUT2D eigenvalue weighted by molar-refractivity contribution is 0.244. The van der Waals surface area contributed by atoms with E-state index in [1.54, 1.807) is 6.20 Å². The van der Waals surface area contributed by atoms with Crippen LogP contribution in [0.5, 0.6) is 5.75 Å². The van der Waals surface area contributed by atoms with E-state index >= 15 is 0 Å². The molecule has 0 amide bonds. The van der Waals surface area contributed by atoms with Crippen molar-refractivity contribution < 1.29 is 4.74 Å². The molecular weight excluding hydrogens is 350 g/mol. The molecule has 0 saturated carbocycles. The lowest BCUT2D eigenvalue weighted by atomic mass is 9.86. The van der Waals surface area contributed by atoms with Gasteiger partial charge in [-0.05, 0) is 43.0 Å². The molecule has 2 N–H and O–H groups in total. The minimum Gasteiger partial charge on any atom is -0.489 e. The summed E-state index contributed by atoms with van der Waals surface area (Å²) in [6.07, 6.45) is 1.67. The molecule has 6 nitrogen and oxygen atoms in total. The molecule has 1 aromatic heterocycles. The minimum atomic E-state index is 0.00000692. The summed E-state index contributed by atoms with van der Waals surface area (Å²) in [5, 5.41) is 14.8. The van der Waals surface area contributed by atoms with Crippen molar-refractivity contribution in [3.63, 3.8) is 0 Å². The Kier molecular flexibility index (Phi) is 5.78. The van der Waals surface area contributed by atoms with Crippen molar-refractivity contribution in [3.8, 4) is 5.75 Å². The highest BCUT2D eigenvalue weighted by atomic mass is 16.5. The van der Waals surface area contributed by atoms with Crippen LogP contribution in [0.25, 0.3) is 0 Å². The summed E-state index contributed by atoms with van der Waals surface area (Å²) < 4.78 is 5.85. The molecule has 0 unspecified atom stereocenters. The third-order valence-electron chi connectivity index (χ3n) is 4.05. The monoisotopic (exact) mass is 377 g/mol. The van der Waals surface area contributed by atoms with Gasteiger partial charge in [-0.25, -0.2) is 0 Å². The van der Waals surface area contributed by atoms with E-state index < -0.39 is 0 Å². The second-order valence-electron chi connectivity index (χ2n) is 7.87. The predicted molar refractivity (Wildman–Crippen MR) is 114 cm³/mol. The summed E-state index contributed by atoms with van der Waals surface area (Å²) in [4.78, 5) is 4.56. The third kappa shape index (κ3) is 4.97. The molecule has 0 aliphatic carbocycles. The van der Waals surface area contributed by atoms with Gasteiger partial charge in [-0.3, -0.25) is 0 Å². The normalized spacial score (nSPS) is 11.4. The van der Waals surface area contributed by atoms with Crippen LogP contribution in [0.2, 0.25) is 0 Å². The Hall–Kier alpha value is -3.15. The highest BCUT2D eigenvalue weighted by Crippen LogP contribution is 2.31. The molecule has 0 atom stereocenters. The van der Waals surface area contributed by atoms with E-state index in [0.717, 1.165) is 17.1 Å². The molecule has 0 radical (unpaired) electrons. The molecule has 0 bridgehead atoms. The highest BCUT2D eigenvalue weighted by molar-refractivity contribution is 5.65. The number of hydrogen-bond donors (Lipinski definition) is 2. The van der Waals surface area contributed by atoms with Crippen LogP contribution in [0, 0.1) is 0 Å². The minimum absolute atomic E-state index is 0.00000692. The maximum absolute atomic E-state index is 5.85. The van der Waals surface area contributed by atoms with Gasteiger partial charge in [0.15, 0.2) is 5.82 Å². The summed E-state index contributed by atoms with van der Waals surface area (Å²) in [7, 11) is 0. The number of rotatable bonds is 6. The van der Waals surface area contributed by atoms with Crippen molar-refractivity contribution in [3.05, 3.63) is 60.3 Å². The van der Waals surface area contributed by atoms with Crippen molar-refractivity contribution >= 4 is 23.1 Å². The molecule has 3 aromatic rings. The van der Waals surface area contributed by atoms with Gasteiger partial charge in [-0.1, -0.05) is 51.1 Å². The zero-order valence-corrected chi connectivity index (χ0v) is 17.0. The zero-order chi connectivity index (χ0) is 20.1. The number of para-hydroxylation sites is 3. The molecule has 1 heterocycles. The maximum Gasteiger partial charge on any atom is 0.249 e. The fraction of sp³-hybridized carbons (Fsp3) is 0.318. The average molecular weight is 377 g/mol. The quantitative estimate of drug-likeness (QED) is 0.596. The van der Waals surface area contributed by atoms with E-state index in [0.29, 0.717) is 11.8 Å². The van der Waals surface area contributed by atoms with Gasteiger partial charge in [-0.2, -0.15) is 10.1 Å². The number of anilines is 4. The first kappa shape index (κ1) is 19.6. The fourth-order valence-corrected chi connectivity index (χ4v) is 2.85. The Morgan fingerprint density at radius 2 is 1.57 bits per heavy atom. The van der Waals surface area contributed by atoms with E-state index in [9.17, 15) is 0 Å². The van der Waals surface area contributed by atoms with E-state index in [4.69, 9.17) is 4.74 Å². The fourth-order valence-electron chi connectivity index (χ4n) is 2.85. The summed E-state index contributed by atoms with van der Waals surface area (Å²) in [6, 6.07) is 15.9. The van der Waals surface area contributed by atoms with Crippen LogP contribution in [0.1, 0.15) is 40.2 Å². The number of nitrogens with one attached hydrogen (secondary N) is 2. The van der Waals surface area contributed by atoms with Gasteiger partial charge in [0.25, 0.3) is 0 Å². The Morgan fingerprint density at radius 3 is 2.29 bits per heavy atom. The van der Waals surface area contributed by atoms with Gasteiger partial charge in [0.1, 0.15) is 5.75 Å². The first-order valence-corrected chi connectivity index (χ1v) is 9.42. The van der Waals surface area contributed by atoms with Gasteiger partial charge in [0, 0.05) is 5.69 Å². The Morgan fingerprint density at radius 1 is 0.893 bits per heavy atom. The van der Waals surface area contributed by atoms with Crippen LogP contribution < -0.4 is 15.4 Å². The average Bonchev–Trinajstić information content (AvgIpc) is 2.63. The van der Waals surface area contributed by atoms with Crippen LogP contribution >= 0.6 is 0 Å². The molecule has 6 heteroatoms. The van der Waals surface area contributed by atoms with E-state index in [1.807, 2.05) is 56.3 Å². The van der Waals surface area contributed by atoms with E-state index in [-0.39, 0.29) is 11.5 Å². The molecule has 0 spiro atoms. The van der Waals surface area contributed by atoms with Gasteiger partial charge < -0.3 is 15.4 Å². The van der Waals surface area contributed by atoms with Crippen molar-refractivity contribution in [1.82, 2.24) is 15.2 Å². The van der Waals surface area contributed by atoms with Gasteiger partial charge in [-0.15, -0.1) is 5.10 Å². The smallest absolute Gasteiger partial charge is 0.249 e. The number of benzene rings is 2. The topological polar surface area (TPSA) is 72.0 Å². The van der Waals surface area contributed by atoms with Crippen LogP contribution in [-0.2, 0) is 5.41 Å². The number of hydrogen-bond acceptors (Lipinski definition) is 6. The molecular formula is C22H27N5O. The van der Waals surface area contributed by atoms with Crippen LogP contribution in [0.3, 0.4) is 0 Å². The predicted octanol–water partition coefficient (Wildman–Crippen LogP) is 5.44. The molecule has 28 heavy (non-hydrogen) atoms. The first-order chi connectivity index (χ1) is 13.3. The molecule has 146 valence electrons. The van der Waals surface area contributed by atoms with E-state index in [1.165, 1.54) is 5.56 Å². The standard InChI is InChI=1S/C22H27N5O/c1-15(2)28-19-13-9-8-12-18(19)24-20-14-23-27-21(26-20)25-17-11-7-6-10-16(17)22(3,4)5/h6-15H,1-5H3,(H2,24,25,26,27). The Balaban J connectivity index is 1.83. The number of ether oxygens (including phenoxy) is 1. The van der Waals surface area contributed by atoms with Crippen LogP contribution in [-0.4, -0.2) is 21.3 Å². The number of nitrogens with zero attached hydrogens (tertiary/aromatic N) is 3. The van der Waals surface area contributed by atoms with Gasteiger partial charge in [0.2, 0.25) is 5.95 Å². The lowest BCUT2D eigenvalue weighted by Crippen LogP contribution is -2.14. The van der Waals surface area contributed by atoms with Crippen molar-refractivity contribution in [2.45, 2.75) is 46.1 Å². The van der Waals surface area contributed by atoms with E-state index in [2.05, 4.69) is 52.7 Å². The molecule has 2 aromatic carbocycles. The second-order valence-corrected chi connectivity index (χ2v) is 7.87. The first-order valence-electron chi connectivity index (χ1n) is 9.42. The summed E-state index contributed by atoms with van der Waals surface area (Å²) in [5.41, 5.74) is 2.99. The van der Waals surface area contributed by atoms with Crippen molar-refractivity contribution in [2.75, 3.05) is 10.6 Å². The molecule has 0 aliphatic heterocycles. The maximum atomic E-state index is 5.85. The third-order valence-corrected chi connectivity index (χ3v) is 4.05. The Bertz CT molecular complexity index is 934. The van der Waals surface area contributed by atoms with Gasteiger partial charge in [0.05, 0.1) is 18.0 Å². The van der Waals surface area contributed by atoms with Crippen molar-refractivity contribution in [2.24, 2.45) is 0 Å². The van der Waals surface area contributed by atoms with Crippen LogP contribution in [0.15, 0.2) is 54.7 Å². The summed E-state index contributed by atoms with van der Waals surface area (Å²) in [5.74, 6) is 1.79.